The molecule has 1 unspecified atom stereocenters. The van der Waals surface area contributed by atoms with Crippen LogP contribution < -0.4 is 5.32 Å². The molecule has 0 aliphatic heterocycles. The molecule has 2 aromatic heterocycles. The van der Waals surface area contributed by atoms with E-state index >= 15 is 0 Å². The zero-order valence-electron chi connectivity index (χ0n) is 11.1. The summed E-state index contributed by atoms with van der Waals surface area (Å²) >= 11 is 1.76. The number of hydrogen-bond acceptors (Lipinski definition) is 5. The lowest BCUT2D eigenvalue weighted by atomic mass is 9.94. The second-order valence-electron chi connectivity index (χ2n) is 5.03. The highest BCUT2D eigenvalue weighted by Gasteiger charge is 2.24. The number of rotatable bonds is 3. The number of hydrogen-bond donors (Lipinski definition) is 1. The van der Waals surface area contributed by atoms with E-state index in [0.29, 0.717) is 5.82 Å². The van der Waals surface area contributed by atoms with Gasteiger partial charge in [0.2, 0.25) is 5.82 Å². The molecular formula is C14H15N3O2S. The van der Waals surface area contributed by atoms with Gasteiger partial charge in [-0.25, -0.2) is 4.98 Å². The Morgan fingerprint density at radius 2 is 2.40 bits per heavy atom. The van der Waals surface area contributed by atoms with Gasteiger partial charge in [0, 0.05) is 17.1 Å². The number of aromatic nitrogens is 1. The first kappa shape index (κ1) is 13.1. The average Bonchev–Trinajstić information content (AvgIpc) is 2.90. The molecule has 0 aromatic carbocycles. The third kappa shape index (κ3) is 2.38. The van der Waals surface area contributed by atoms with Gasteiger partial charge in [0.05, 0.1) is 11.0 Å². The van der Waals surface area contributed by atoms with E-state index in [1.165, 1.54) is 10.4 Å². The number of nitro groups is 1. The molecule has 6 heteroatoms. The third-order valence-electron chi connectivity index (χ3n) is 3.56. The van der Waals surface area contributed by atoms with E-state index in [0.717, 1.165) is 24.8 Å². The molecule has 0 amide bonds. The minimum atomic E-state index is -0.375. The zero-order chi connectivity index (χ0) is 14.1. The summed E-state index contributed by atoms with van der Waals surface area (Å²) in [5, 5.41) is 16.5. The van der Waals surface area contributed by atoms with Crippen LogP contribution in [0.15, 0.2) is 23.7 Å². The lowest BCUT2D eigenvalue weighted by molar-refractivity contribution is -0.384. The van der Waals surface area contributed by atoms with Crippen LogP contribution in [0.5, 0.6) is 0 Å². The van der Waals surface area contributed by atoms with Gasteiger partial charge in [0.25, 0.3) is 0 Å². The molecular weight excluding hydrogens is 274 g/mol. The molecule has 2 heterocycles. The third-order valence-corrected chi connectivity index (χ3v) is 4.56. The molecule has 1 atom stereocenters. The van der Waals surface area contributed by atoms with Crippen LogP contribution in [0.1, 0.15) is 34.9 Å². The molecule has 0 saturated heterocycles. The first-order valence-electron chi connectivity index (χ1n) is 6.59. The second kappa shape index (κ2) is 5.20. The van der Waals surface area contributed by atoms with Gasteiger partial charge in [-0.2, -0.15) is 0 Å². The van der Waals surface area contributed by atoms with E-state index in [9.17, 15) is 10.1 Å². The molecule has 0 saturated carbocycles. The first-order chi connectivity index (χ1) is 9.65. The van der Waals surface area contributed by atoms with E-state index in [1.807, 2.05) is 0 Å². The predicted molar refractivity (Wildman–Crippen MR) is 79.2 cm³/mol. The Balaban J connectivity index is 1.92. The molecule has 1 N–H and O–H groups in total. The first-order valence-corrected chi connectivity index (χ1v) is 7.47. The number of anilines is 1. The van der Waals surface area contributed by atoms with Crippen molar-refractivity contribution in [2.24, 2.45) is 0 Å². The molecule has 0 radical (unpaired) electrons. The van der Waals surface area contributed by atoms with Gasteiger partial charge in [-0.05, 0) is 48.8 Å². The minimum Gasteiger partial charge on any atom is -0.357 e. The lowest BCUT2D eigenvalue weighted by Gasteiger charge is -2.24. The summed E-state index contributed by atoms with van der Waals surface area (Å²) in [6.07, 6.45) is 4.85. The fraction of sp³-hybridized carbons (Fsp3) is 0.357. The van der Waals surface area contributed by atoms with Crippen LogP contribution >= 0.6 is 11.3 Å². The van der Waals surface area contributed by atoms with Crippen LogP contribution in [0.2, 0.25) is 0 Å². The number of pyridine rings is 1. The van der Waals surface area contributed by atoms with E-state index in [1.54, 1.807) is 30.5 Å². The van der Waals surface area contributed by atoms with Crippen molar-refractivity contribution in [2.75, 3.05) is 5.32 Å². The molecule has 0 spiro atoms. The minimum absolute atomic E-state index is 0.0485. The van der Waals surface area contributed by atoms with Crippen LogP contribution in [-0.2, 0) is 6.42 Å². The van der Waals surface area contributed by atoms with E-state index < -0.39 is 0 Å². The van der Waals surface area contributed by atoms with Crippen molar-refractivity contribution in [1.82, 2.24) is 4.98 Å². The lowest BCUT2D eigenvalue weighted by Crippen LogP contribution is -2.17. The zero-order valence-corrected chi connectivity index (χ0v) is 11.9. The van der Waals surface area contributed by atoms with Crippen molar-refractivity contribution in [2.45, 2.75) is 32.2 Å². The highest BCUT2D eigenvalue weighted by atomic mass is 32.1. The second-order valence-corrected chi connectivity index (χ2v) is 6.03. The van der Waals surface area contributed by atoms with Gasteiger partial charge in [-0.3, -0.25) is 10.1 Å². The molecule has 20 heavy (non-hydrogen) atoms. The van der Waals surface area contributed by atoms with Gasteiger partial charge in [-0.15, -0.1) is 11.3 Å². The van der Waals surface area contributed by atoms with E-state index in [2.05, 4.69) is 21.7 Å². The molecule has 0 bridgehead atoms. The standard InChI is InChI=1S/C14H15N3O2S/c1-9-7-12(17(18)19)14(15-8-9)16-11-3-2-4-13-10(11)5-6-20-13/h5-8,11H,2-4H2,1H3,(H,15,16). The van der Waals surface area contributed by atoms with Crippen LogP contribution in [0.3, 0.4) is 0 Å². The maximum absolute atomic E-state index is 11.1. The highest BCUT2D eigenvalue weighted by molar-refractivity contribution is 7.10. The molecule has 104 valence electrons. The summed E-state index contributed by atoms with van der Waals surface area (Å²) in [7, 11) is 0. The van der Waals surface area contributed by atoms with Crippen LogP contribution in [0.25, 0.3) is 0 Å². The number of aryl methyl sites for hydroxylation is 2. The highest BCUT2D eigenvalue weighted by Crippen LogP contribution is 2.36. The summed E-state index contributed by atoms with van der Waals surface area (Å²) in [6, 6.07) is 3.79. The normalized spacial score (nSPS) is 17.6. The van der Waals surface area contributed by atoms with Crippen molar-refractivity contribution in [1.29, 1.82) is 0 Å². The van der Waals surface area contributed by atoms with Gasteiger partial charge < -0.3 is 5.32 Å². The molecule has 1 aliphatic carbocycles. The van der Waals surface area contributed by atoms with Crippen molar-refractivity contribution >= 4 is 22.8 Å². The topological polar surface area (TPSA) is 68.1 Å². The predicted octanol–water partition coefficient (Wildman–Crippen LogP) is 3.85. The van der Waals surface area contributed by atoms with Gasteiger partial charge in [0.1, 0.15) is 0 Å². The van der Waals surface area contributed by atoms with E-state index in [4.69, 9.17) is 0 Å². The van der Waals surface area contributed by atoms with Gasteiger partial charge >= 0.3 is 5.69 Å². The summed E-state index contributed by atoms with van der Waals surface area (Å²) in [4.78, 5) is 16.3. The molecule has 1 aliphatic rings. The van der Waals surface area contributed by atoms with Crippen molar-refractivity contribution in [3.05, 3.63) is 49.8 Å². The quantitative estimate of drug-likeness (QED) is 0.688. The van der Waals surface area contributed by atoms with Crippen molar-refractivity contribution in [3.63, 3.8) is 0 Å². The average molecular weight is 289 g/mol. The Labute approximate surface area is 120 Å². The molecule has 3 rings (SSSR count). The molecule has 0 fully saturated rings. The fourth-order valence-corrected chi connectivity index (χ4v) is 3.59. The maximum atomic E-state index is 11.1. The van der Waals surface area contributed by atoms with Crippen LogP contribution in [0, 0.1) is 17.0 Å². The summed E-state index contributed by atoms with van der Waals surface area (Å²) in [5.41, 5.74) is 2.10. The summed E-state index contributed by atoms with van der Waals surface area (Å²) < 4.78 is 0. The summed E-state index contributed by atoms with van der Waals surface area (Å²) in [5.74, 6) is 0.365. The maximum Gasteiger partial charge on any atom is 0.311 e. The Kier molecular flexibility index (Phi) is 3.40. The fourth-order valence-electron chi connectivity index (χ4n) is 2.61. The number of fused-ring (bicyclic) bond motifs is 1. The monoisotopic (exact) mass is 289 g/mol. The summed E-state index contributed by atoms with van der Waals surface area (Å²) in [6.45, 7) is 1.81. The van der Waals surface area contributed by atoms with Crippen LogP contribution in [0.4, 0.5) is 11.5 Å². The largest absolute Gasteiger partial charge is 0.357 e. The van der Waals surface area contributed by atoms with Crippen LogP contribution in [-0.4, -0.2) is 9.91 Å². The van der Waals surface area contributed by atoms with Gasteiger partial charge in [-0.1, -0.05) is 0 Å². The smallest absolute Gasteiger partial charge is 0.311 e. The van der Waals surface area contributed by atoms with Gasteiger partial charge in [0.15, 0.2) is 0 Å². The SMILES string of the molecule is Cc1cnc(NC2CCCc3sccc32)c([N+](=O)[O-])c1. The number of nitrogens with zero attached hydrogens (tertiary/aromatic N) is 2. The Hall–Kier alpha value is -1.95. The van der Waals surface area contributed by atoms with E-state index in [-0.39, 0.29) is 16.7 Å². The Bertz CT molecular complexity index is 654. The Morgan fingerprint density at radius 3 is 3.20 bits per heavy atom. The molecule has 2 aromatic rings. The van der Waals surface area contributed by atoms with Crippen molar-refractivity contribution in [3.8, 4) is 0 Å². The number of thiophene rings is 1. The van der Waals surface area contributed by atoms with Crippen molar-refractivity contribution < 1.29 is 4.92 Å². The molecule has 5 nitrogen and oxygen atoms in total. The Morgan fingerprint density at radius 1 is 1.55 bits per heavy atom. The number of nitrogens with one attached hydrogen (secondary N) is 1.